The summed E-state index contributed by atoms with van der Waals surface area (Å²) >= 11 is 0. The molecule has 1 aliphatic rings. The van der Waals surface area contributed by atoms with Gasteiger partial charge in [-0.05, 0) is 37.6 Å². The van der Waals surface area contributed by atoms with Gasteiger partial charge in [-0.1, -0.05) is 48.5 Å². The molecule has 5 nitrogen and oxygen atoms in total. The summed E-state index contributed by atoms with van der Waals surface area (Å²) in [6.07, 6.45) is 1.97. The van der Waals surface area contributed by atoms with Crippen LogP contribution in [0.5, 0.6) is 0 Å². The molecule has 0 unspecified atom stereocenters. The lowest BCUT2D eigenvalue weighted by Crippen LogP contribution is -2.49. The number of carbonyl (C=O) groups excluding carboxylic acids is 1. The Kier molecular flexibility index (Phi) is 5.26. The highest BCUT2D eigenvalue weighted by Crippen LogP contribution is 2.20. The molecule has 0 radical (unpaired) electrons. The maximum Gasteiger partial charge on any atom is 0.349 e. The van der Waals surface area contributed by atoms with Crippen molar-refractivity contribution in [1.29, 1.82) is 0 Å². The minimum atomic E-state index is -0.566. The molecule has 0 N–H and O–H groups in total. The van der Waals surface area contributed by atoms with Crippen LogP contribution in [0.1, 0.15) is 28.8 Å². The monoisotopic (exact) mass is 376 g/mol. The fourth-order valence-electron chi connectivity index (χ4n) is 3.88. The molecule has 1 aromatic heterocycles. The quantitative estimate of drug-likeness (QED) is 0.654. The molecule has 1 atom stereocenters. The van der Waals surface area contributed by atoms with Crippen molar-refractivity contribution in [1.82, 2.24) is 9.80 Å². The Balaban J connectivity index is 1.50. The molecule has 0 aliphatic carbocycles. The van der Waals surface area contributed by atoms with Gasteiger partial charge in [-0.2, -0.15) is 0 Å². The second-order valence-electron chi connectivity index (χ2n) is 7.43. The highest BCUT2D eigenvalue weighted by atomic mass is 16.4. The molecular weight excluding hydrogens is 352 g/mol. The summed E-state index contributed by atoms with van der Waals surface area (Å²) in [5, 5.41) is 0.764. The van der Waals surface area contributed by atoms with Gasteiger partial charge in [-0.25, -0.2) is 4.79 Å². The van der Waals surface area contributed by atoms with E-state index in [9.17, 15) is 9.59 Å². The molecule has 1 saturated heterocycles. The molecule has 4 rings (SSSR count). The van der Waals surface area contributed by atoms with Crippen molar-refractivity contribution in [2.75, 3.05) is 20.1 Å². The first-order valence-corrected chi connectivity index (χ1v) is 9.68. The molecule has 1 fully saturated rings. The fraction of sp³-hybridized carbons (Fsp3) is 0.304. The number of likely N-dealkylation sites (N-methyl/N-ethyl adjacent to an activating group) is 1. The van der Waals surface area contributed by atoms with Crippen molar-refractivity contribution in [2.45, 2.75) is 25.4 Å². The van der Waals surface area contributed by atoms with E-state index >= 15 is 0 Å². The molecule has 1 amide bonds. The average Bonchev–Trinajstić information content (AvgIpc) is 2.73. The second kappa shape index (κ2) is 7.98. The van der Waals surface area contributed by atoms with Gasteiger partial charge in [0, 0.05) is 31.1 Å². The molecule has 0 bridgehead atoms. The summed E-state index contributed by atoms with van der Waals surface area (Å²) in [7, 11) is 2.09. The van der Waals surface area contributed by atoms with E-state index in [1.807, 2.05) is 36.4 Å². The van der Waals surface area contributed by atoms with Gasteiger partial charge in [0.15, 0.2) is 0 Å². The van der Waals surface area contributed by atoms with Gasteiger partial charge >= 0.3 is 5.63 Å². The molecule has 2 heterocycles. The van der Waals surface area contributed by atoms with Gasteiger partial charge in [0.1, 0.15) is 11.1 Å². The molecule has 1 aliphatic heterocycles. The summed E-state index contributed by atoms with van der Waals surface area (Å²) in [5.74, 6) is -0.239. The maximum atomic E-state index is 13.0. The van der Waals surface area contributed by atoms with Gasteiger partial charge < -0.3 is 9.32 Å². The van der Waals surface area contributed by atoms with Crippen LogP contribution in [0.15, 0.2) is 69.9 Å². The summed E-state index contributed by atoms with van der Waals surface area (Å²) in [5.41, 5.74) is 1.31. The number of hydrogen-bond donors (Lipinski definition) is 0. The third-order valence-corrected chi connectivity index (χ3v) is 5.45. The van der Waals surface area contributed by atoms with Gasteiger partial charge in [-0.15, -0.1) is 0 Å². The van der Waals surface area contributed by atoms with Gasteiger partial charge in [-0.3, -0.25) is 9.69 Å². The van der Waals surface area contributed by atoms with Gasteiger partial charge in [0.05, 0.1) is 0 Å². The Bertz CT molecular complexity index is 1030. The Morgan fingerprint density at radius 1 is 1.14 bits per heavy atom. The summed E-state index contributed by atoms with van der Waals surface area (Å²) in [6, 6.07) is 19.5. The molecule has 144 valence electrons. The molecule has 28 heavy (non-hydrogen) atoms. The fourth-order valence-corrected chi connectivity index (χ4v) is 3.88. The van der Waals surface area contributed by atoms with E-state index in [0.717, 1.165) is 24.8 Å². The topological polar surface area (TPSA) is 53.8 Å². The van der Waals surface area contributed by atoms with E-state index in [4.69, 9.17) is 4.42 Å². The average molecular weight is 376 g/mol. The molecule has 0 saturated carbocycles. The zero-order valence-corrected chi connectivity index (χ0v) is 16.0. The Labute approximate surface area is 164 Å². The number of piperidine rings is 1. The number of carbonyl (C=O) groups is 1. The largest absolute Gasteiger partial charge is 0.422 e. The Hall–Kier alpha value is -2.92. The number of rotatable bonds is 4. The van der Waals surface area contributed by atoms with Crippen LogP contribution in [0, 0.1) is 0 Å². The highest BCUT2D eigenvalue weighted by Gasteiger charge is 2.28. The van der Waals surface area contributed by atoms with Crippen LogP contribution in [-0.2, 0) is 6.54 Å². The van der Waals surface area contributed by atoms with Crippen molar-refractivity contribution < 1.29 is 9.21 Å². The second-order valence-corrected chi connectivity index (χ2v) is 7.43. The normalized spacial score (nSPS) is 17.2. The zero-order chi connectivity index (χ0) is 19.5. The van der Waals surface area contributed by atoms with E-state index in [2.05, 4.69) is 24.1 Å². The molecule has 5 heteroatoms. The Morgan fingerprint density at radius 3 is 2.71 bits per heavy atom. The standard InChI is InChI=1S/C23H24N2O3/c1-24(15-17-8-3-2-4-9-17)19-11-7-13-25(16-19)22(26)20-14-18-10-5-6-12-21(18)28-23(20)27/h2-6,8-10,12,14,19H,7,11,13,15-16H2,1H3/t19-/m0/s1. The van der Waals surface area contributed by atoms with E-state index in [1.165, 1.54) is 5.56 Å². The van der Waals surface area contributed by atoms with E-state index < -0.39 is 5.63 Å². The van der Waals surface area contributed by atoms with Gasteiger partial charge in [0.25, 0.3) is 5.91 Å². The molecule has 2 aromatic carbocycles. The molecular formula is C23H24N2O3. The summed E-state index contributed by atoms with van der Waals surface area (Å²) < 4.78 is 5.34. The summed E-state index contributed by atoms with van der Waals surface area (Å²) in [4.78, 5) is 29.5. The van der Waals surface area contributed by atoms with E-state index in [0.29, 0.717) is 18.7 Å². The van der Waals surface area contributed by atoms with Crippen LogP contribution in [-0.4, -0.2) is 41.9 Å². The smallest absolute Gasteiger partial charge is 0.349 e. The Morgan fingerprint density at radius 2 is 1.89 bits per heavy atom. The van der Waals surface area contributed by atoms with Crippen LogP contribution >= 0.6 is 0 Å². The lowest BCUT2D eigenvalue weighted by atomic mass is 10.0. The number of hydrogen-bond acceptors (Lipinski definition) is 4. The first kappa shape index (κ1) is 18.4. The number of amides is 1. The third kappa shape index (κ3) is 3.85. The predicted molar refractivity (Wildman–Crippen MR) is 109 cm³/mol. The van der Waals surface area contributed by atoms with Crippen LogP contribution in [0.25, 0.3) is 11.0 Å². The van der Waals surface area contributed by atoms with Crippen molar-refractivity contribution >= 4 is 16.9 Å². The van der Waals surface area contributed by atoms with Crippen molar-refractivity contribution in [3.63, 3.8) is 0 Å². The minimum Gasteiger partial charge on any atom is -0.422 e. The van der Waals surface area contributed by atoms with Crippen LogP contribution in [0.4, 0.5) is 0 Å². The predicted octanol–water partition coefficient (Wildman–Crippen LogP) is 3.53. The van der Waals surface area contributed by atoms with Crippen LogP contribution in [0.2, 0.25) is 0 Å². The first-order chi connectivity index (χ1) is 13.6. The van der Waals surface area contributed by atoms with Crippen molar-refractivity contribution in [3.05, 3.63) is 82.2 Å². The third-order valence-electron chi connectivity index (χ3n) is 5.45. The van der Waals surface area contributed by atoms with Crippen LogP contribution < -0.4 is 5.63 Å². The first-order valence-electron chi connectivity index (χ1n) is 9.68. The van der Waals surface area contributed by atoms with Crippen molar-refractivity contribution in [2.24, 2.45) is 0 Å². The lowest BCUT2D eigenvalue weighted by Gasteiger charge is -2.37. The molecule has 3 aromatic rings. The maximum absolute atomic E-state index is 13.0. The minimum absolute atomic E-state index is 0.116. The lowest BCUT2D eigenvalue weighted by molar-refractivity contribution is 0.0598. The van der Waals surface area contributed by atoms with E-state index in [1.54, 1.807) is 17.0 Å². The number of fused-ring (bicyclic) bond motifs is 1. The zero-order valence-electron chi connectivity index (χ0n) is 16.0. The molecule has 0 spiro atoms. The van der Waals surface area contributed by atoms with Crippen molar-refractivity contribution in [3.8, 4) is 0 Å². The highest BCUT2D eigenvalue weighted by molar-refractivity contribution is 5.96. The SMILES string of the molecule is CN(Cc1ccccc1)[C@H]1CCCN(C(=O)c2cc3ccccc3oc2=O)C1. The van der Waals surface area contributed by atoms with E-state index in [-0.39, 0.29) is 17.5 Å². The van der Waals surface area contributed by atoms with Gasteiger partial charge in [0.2, 0.25) is 0 Å². The number of nitrogens with zero attached hydrogens (tertiary/aromatic N) is 2. The summed E-state index contributed by atoms with van der Waals surface area (Å²) in [6.45, 7) is 2.13. The number of likely N-dealkylation sites (tertiary alicyclic amines) is 1. The van der Waals surface area contributed by atoms with Crippen LogP contribution in [0.3, 0.4) is 0 Å². The number of benzene rings is 2. The number of para-hydroxylation sites is 1.